The smallest absolute Gasteiger partial charge is 0.416 e. The number of halogens is 5. The second kappa shape index (κ2) is 17.8. The Labute approximate surface area is 423 Å². The number of ether oxygens (including phenoxy) is 1. The van der Waals surface area contributed by atoms with Crippen LogP contribution in [0.5, 0.6) is 5.75 Å². The summed E-state index contributed by atoms with van der Waals surface area (Å²) in [5, 5.41) is 26.5. The molecule has 4 aliphatic rings. The lowest BCUT2D eigenvalue weighted by atomic mass is 9.60. The first kappa shape index (κ1) is 48.2. The second-order valence-electron chi connectivity index (χ2n) is 19.6. The Bertz CT molecular complexity index is 3570. The van der Waals surface area contributed by atoms with Gasteiger partial charge in [-0.05, 0) is 75.1 Å². The first-order valence-corrected chi connectivity index (χ1v) is 24.1. The fraction of sp³-hybridized carbons (Fsp3) is 0.308. The summed E-state index contributed by atoms with van der Waals surface area (Å²) < 4.78 is 67.5. The van der Waals surface area contributed by atoms with Crippen molar-refractivity contribution in [3.05, 3.63) is 123 Å². The zero-order valence-corrected chi connectivity index (χ0v) is 40.8. The maximum atomic E-state index is 15.7. The largest absolute Gasteiger partial charge is 0.489 e. The van der Waals surface area contributed by atoms with Gasteiger partial charge in [0.25, 0.3) is 11.8 Å². The quantitative estimate of drug-likeness (QED) is 0.0559. The number of imide groups is 1. The third-order valence-corrected chi connectivity index (χ3v) is 15.2. The summed E-state index contributed by atoms with van der Waals surface area (Å²) >= 11 is 7.12. The Morgan fingerprint density at radius 1 is 1.01 bits per heavy atom. The van der Waals surface area contributed by atoms with Crippen molar-refractivity contribution in [1.82, 2.24) is 50.2 Å². The molecule has 4 N–H and O–H groups in total. The molecule has 1 atom stereocenters. The molecule has 7 aromatic rings. The number of anilines is 1. The standard InChI is InChI=1S/C52H46ClF4N11O6/c1-25-11-38-36(20-59-63-38)43(44(25)53)42-27(3)68(64-46(42)28-6-8-39-30(12-28)19-60-65(39)4)33-16-51(17-33)23-66(24-51)48(71)26(2)22-74-34-14-31(52(55,56)57)13-32(15-34)61-50(73)58-18-29-5-7-35-37(45(29)54)21-67(49(35)72)40-9-10-41(69)62-47(40)70/h5-8,11-15,19-20,33,40H,2,9-10,16-18,21-24H2,1,3-4H3,(H,59,63)(H2,58,61,73)(H,62,69,70). The number of benzene rings is 4. The van der Waals surface area contributed by atoms with Crippen LogP contribution in [-0.4, -0.2) is 95.0 Å². The fourth-order valence-corrected chi connectivity index (χ4v) is 11.2. The van der Waals surface area contributed by atoms with Crippen molar-refractivity contribution in [3.8, 4) is 28.1 Å². The molecule has 3 aromatic heterocycles. The van der Waals surface area contributed by atoms with Gasteiger partial charge in [-0.15, -0.1) is 0 Å². The normalized spacial score (nSPS) is 17.4. The van der Waals surface area contributed by atoms with Gasteiger partial charge in [0.2, 0.25) is 11.8 Å². The zero-order valence-electron chi connectivity index (χ0n) is 40.0. The highest BCUT2D eigenvalue weighted by Crippen LogP contribution is 2.56. The third kappa shape index (κ3) is 8.37. The summed E-state index contributed by atoms with van der Waals surface area (Å²) in [4.78, 5) is 66.5. The molecule has 1 spiro atoms. The van der Waals surface area contributed by atoms with E-state index in [9.17, 15) is 37.1 Å². The number of nitrogens with zero attached hydrogens (tertiary/aromatic N) is 7. The van der Waals surface area contributed by atoms with Crippen molar-refractivity contribution in [2.24, 2.45) is 12.5 Å². The van der Waals surface area contributed by atoms with Gasteiger partial charge < -0.3 is 25.2 Å². The minimum absolute atomic E-state index is 0.00627. The zero-order chi connectivity index (χ0) is 52.1. The molecule has 3 aliphatic heterocycles. The van der Waals surface area contributed by atoms with Crippen molar-refractivity contribution in [2.45, 2.75) is 70.9 Å². The van der Waals surface area contributed by atoms with E-state index in [2.05, 4.69) is 48.6 Å². The number of aryl methyl sites for hydroxylation is 2. The van der Waals surface area contributed by atoms with Gasteiger partial charge >= 0.3 is 12.2 Å². The average molecular weight is 1030 g/mol. The molecule has 1 unspecified atom stereocenters. The van der Waals surface area contributed by atoms with Crippen LogP contribution in [0.3, 0.4) is 0 Å². The number of carbonyl (C=O) groups is 5. The number of aromatic amines is 1. The predicted molar refractivity (Wildman–Crippen MR) is 263 cm³/mol. The van der Waals surface area contributed by atoms with E-state index in [0.29, 0.717) is 24.2 Å². The van der Waals surface area contributed by atoms with Gasteiger partial charge in [0.05, 0.1) is 46.6 Å². The summed E-state index contributed by atoms with van der Waals surface area (Å²) in [5.74, 6) is -3.20. The molecule has 1 saturated carbocycles. The fourth-order valence-electron chi connectivity index (χ4n) is 10.9. The Hall–Kier alpha value is -8.07. The summed E-state index contributed by atoms with van der Waals surface area (Å²) in [6.07, 6.45) is 0.344. The molecule has 380 valence electrons. The minimum atomic E-state index is -4.84. The van der Waals surface area contributed by atoms with Crippen LogP contribution in [0.15, 0.2) is 79.1 Å². The lowest BCUT2D eigenvalue weighted by Gasteiger charge is -2.59. The number of amides is 6. The molecule has 0 radical (unpaired) electrons. The van der Waals surface area contributed by atoms with Crippen molar-refractivity contribution < 1.29 is 46.3 Å². The molecule has 4 aromatic carbocycles. The third-order valence-electron chi connectivity index (χ3n) is 14.7. The number of hydrogen-bond donors (Lipinski definition) is 4. The molecule has 17 nitrogen and oxygen atoms in total. The van der Waals surface area contributed by atoms with Crippen LogP contribution in [-0.2, 0) is 40.7 Å². The maximum absolute atomic E-state index is 15.7. The molecular formula is C52H46ClF4N11O6. The van der Waals surface area contributed by atoms with E-state index in [0.717, 1.165) is 80.4 Å². The maximum Gasteiger partial charge on any atom is 0.416 e. The Balaban J connectivity index is 0.724. The molecule has 74 heavy (non-hydrogen) atoms. The lowest BCUT2D eigenvalue weighted by molar-refractivity contribution is -0.150. The highest BCUT2D eigenvalue weighted by molar-refractivity contribution is 6.36. The van der Waals surface area contributed by atoms with Gasteiger partial charge in [-0.25, -0.2) is 9.18 Å². The molecule has 1 aliphatic carbocycles. The number of carbonyl (C=O) groups excluding carboxylic acids is 5. The summed E-state index contributed by atoms with van der Waals surface area (Å²) in [6, 6.07) is 11.4. The van der Waals surface area contributed by atoms with Crippen LogP contribution in [0, 0.1) is 25.1 Å². The van der Waals surface area contributed by atoms with Crippen molar-refractivity contribution in [2.75, 3.05) is 25.0 Å². The average Bonchev–Trinajstić information content (AvgIpc) is 4.13. The van der Waals surface area contributed by atoms with E-state index < -0.39 is 66.4 Å². The first-order valence-electron chi connectivity index (χ1n) is 23.7. The van der Waals surface area contributed by atoms with Crippen LogP contribution in [0.1, 0.15) is 70.0 Å². The number of aromatic nitrogens is 6. The van der Waals surface area contributed by atoms with Crippen molar-refractivity contribution >= 4 is 68.8 Å². The monoisotopic (exact) mass is 1030 g/mol. The van der Waals surface area contributed by atoms with E-state index in [-0.39, 0.29) is 64.5 Å². The first-order chi connectivity index (χ1) is 35.3. The van der Waals surface area contributed by atoms with Crippen LogP contribution in [0.4, 0.5) is 28.0 Å². The SMILES string of the molecule is C=C(COc1cc(NC(=O)NCc2ccc3c(c2F)CN(C2CCC(=O)NC2=O)C3=O)cc(C(F)(F)F)c1)C(=O)N1CC2(CC(n3nc(-c4ccc5c(cnn5C)c4)c(-c4c(Cl)c(C)cc5[nH]ncc45)c3C)C2)C1. The molecule has 0 bridgehead atoms. The Morgan fingerprint density at radius 3 is 2.55 bits per heavy atom. The van der Waals surface area contributed by atoms with Crippen LogP contribution >= 0.6 is 11.6 Å². The number of rotatable bonds is 11. The molecule has 2 saturated heterocycles. The summed E-state index contributed by atoms with van der Waals surface area (Å²) in [7, 11) is 1.89. The van der Waals surface area contributed by atoms with Crippen LogP contribution < -0.4 is 20.7 Å². The van der Waals surface area contributed by atoms with Crippen molar-refractivity contribution in [1.29, 1.82) is 0 Å². The number of likely N-dealkylation sites (tertiary alicyclic amines) is 1. The number of nitrogens with one attached hydrogen (secondary N) is 4. The van der Waals surface area contributed by atoms with E-state index >= 15 is 4.39 Å². The van der Waals surface area contributed by atoms with E-state index in [1.807, 2.05) is 50.0 Å². The predicted octanol–water partition coefficient (Wildman–Crippen LogP) is 8.29. The molecule has 3 fully saturated rings. The van der Waals surface area contributed by atoms with Gasteiger partial charge in [0.15, 0.2) is 0 Å². The lowest BCUT2D eigenvalue weighted by Crippen LogP contribution is -2.64. The number of alkyl halides is 3. The number of fused-ring (bicyclic) bond motifs is 3. The molecule has 6 heterocycles. The van der Waals surface area contributed by atoms with Gasteiger partial charge in [-0.2, -0.15) is 28.5 Å². The molecular weight excluding hydrogens is 986 g/mol. The van der Waals surface area contributed by atoms with Crippen LogP contribution in [0.25, 0.3) is 44.2 Å². The highest BCUT2D eigenvalue weighted by atomic mass is 35.5. The van der Waals surface area contributed by atoms with Gasteiger partial charge in [0.1, 0.15) is 29.9 Å². The molecule has 6 amide bonds. The van der Waals surface area contributed by atoms with E-state index in [1.165, 1.54) is 17.0 Å². The number of H-pyrrole nitrogens is 1. The summed E-state index contributed by atoms with van der Waals surface area (Å²) in [5.41, 5.74) is 5.48. The second-order valence-corrected chi connectivity index (χ2v) is 20.0. The van der Waals surface area contributed by atoms with E-state index in [4.69, 9.17) is 21.4 Å². The Kier molecular flexibility index (Phi) is 11.6. The molecule has 11 rings (SSSR count). The highest BCUT2D eigenvalue weighted by Gasteiger charge is 2.55. The van der Waals surface area contributed by atoms with Gasteiger partial charge in [-0.3, -0.25) is 39.0 Å². The minimum Gasteiger partial charge on any atom is -0.489 e. The van der Waals surface area contributed by atoms with Gasteiger partial charge in [0, 0.05) is 106 Å². The number of hydrogen-bond acceptors (Lipinski definition) is 9. The number of urea groups is 1. The topological polar surface area (TPSA) is 201 Å². The van der Waals surface area contributed by atoms with Crippen LogP contribution in [0.2, 0.25) is 5.02 Å². The summed E-state index contributed by atoms with van der Waals surface area (Å²) in [6.45, 7) is 7.68. The molecule has 22 heteroatoms. The van der Waals surface area contributed by atoms with Gasteiger partial charge in [-0.1, -0.05) is 30.3 Å². The Morgan fingerprint density at radius 2 is 1.80 bits per heavy atom. The van der Waals surface area contributed by atoms with E-state index in [1.54, 1.807) is 11.1 Å². The van der Waals surface area contributed by atoms with Crippen molar-refractivity contribution in [3.63, 3.8) is 0 Å². The number of piperidine rings is 1.